The van der Waals surface area contributed by atoms with Crippen molar-refractivity contribution in [2.75, 3.05) is 18.5 Å². The van der Waals surface area contributed by atoms with E-state index in [1.807, 2.05) is 0 Å². The Morgan fingerprint density at radius 2 is 2.12 bits per heavy atom. The van der Waals surface area contributed by atoms with Crippen LogP contribution in [0.5, 0.6) is 0 Å². The van der Waals surface area contributed by atoms with Crippen molar-refractivity contribution < 1.29 is 4.74 Å². The van der Waals surface area contributed by atoms with Crippen LogP contribution in [0.25, 0.3) is 0 Å². The van der Waals surface area contributed by atoms with E-state index in [4.69, 9.17) is 16.3 Å². The van der Waals surface area contributed by atoms with E-state index in [9.17, 15) is 0 Å². The minimum absolute atomic E-state index is 0.447. The minimum Gasteiger partial charge on any atom is -0.376 e. The minimum atomic E-state index is 0.447. The lowest BCUT2D eigenvalue weighted by Crippen LogP contribution is -2.20. The number of nitrogens with zero attached hydrogens (tertiary/aromatic N) is 2. The first kappa shape index (κ1) is 12.1. The van der Waals surface area contributed by atoms with Crippen LogP contribution in [0.4, 0.5) is 5.82 Å². The van der Waals surface area contributed by atoms with Gasteiger partial charge in [0.05, 0.1) is 24.4 Å². The lowest BCUT2D eigenvalue weighted by molar-refractivity contribution is 0.0347. The van der Waals surface area contributed by atoms with Crippen LogP contribution in [-0.2, 0) is 4.74 Å². The van der Waals surface area contributed by atoms with E-state index in [-0.39, 0.29) is 0 Å². The summed E-state index contributed by atoms with van der Waals surface area (Å²) in [5, 5.41) is 3.56. The van der Waals surface area contributed by atoms with Crippen molar-refractivity contribution in [3.05, 3.63) is 5.15 Å². The molecule has 1 aliphatic rings. The van der Waals surface area contributed by atoms with Gasteiger partial charge in [-0.05, 0) is 12.8 Å². The Bertz CT molecular complexity index is 315. The molecule has 0 saturated heterocycles. The molecule has 0 spiro atoms. The first-order chi connectivity index (χ1) is 7.86. The van der Waals surface area contributed by atoms with Gasteiger partial charge in [-0.25, -0.2) is 0 Å². The second kappa shape index (κ2) is 6.37. The van der Waals surface area contributed by atoms with E-state index in [0.717, 1.165) is 18.3 Å². The maximum atomic E-state index is 5.80. The van der Waals surface area contributed by atoms with Gasteiger partial charge in [0.25, 0.3) is 0 Å². The Morgan fingerprint density at radius 1 is 1.31 bits per heavy atom. The van der Waals surface area contributed by atoms with Crippen LogP contribution < -0.4 is 5.32 Å². The highest BCUT2D eigenvalue weighted by atomic mass is 35.5. The van der Waals surface area contributed by atoms with Crippen LogP contribution in [0.1, 0.15) is 32.1 Å². The first-order valence-corrected chi connectivity index (χ1v) is 6.80. The Labute approximate surface area is 105 Å². The molecule has 6 heteroatoms. The maximum Gasteiger partial charge on any atom is 0.186 e. The first-order valence-electron chi connectivity index (χ1n) is 5.70. The molecule has 1 fully saturated rings. The predicted octanol–water partition coefficient (Wildman–Crippen LogP) is 2.95. The summed E-state index contributed by atoms with van der Waals surface area (Å²) in [5.41, 5.74) is 0. The summed E-state index contributed by atoms with van der Waals surface area (Å²) >= 11 is 6.92. The molecule has 1 saturated carbocycles. The molecule has 4 nitrogen and oxygen atoms in total. The zero-order valence-electron chi connectivity index (χ0n) is 9.12. The Balaban J connectivity index is 1.59. The van der Waals surface area contributed by atoms with Crippen molar-refractivity contribution >= 4 is 29.1 Å². The van der Waals surface area contributed by atoms with Gasteiger partial charge in [0, 0.05) is 6.54 Å². The summed E-state index contributed by atoms with van der Waals surface area (Å²) in [5.74, 6) is 0.666. The molecule has 1 heterocycles. The van der Waals surface area contributed by atoms with Crippen LogP contribution in [0, 0.1) is 0 Å². The molecule has 1 aromatic heterocycles. The molecular weight excluding hydrogens is 246 g/mol. The third-order valence-corrected chi connectivity index (χ3v) is 3.64. The van der Waals surface area contributed by atoms with Crippen LogP contribution in [-0.4, -0.2) is 28.0 Å². The molecule has 0 atom stereocenters. The smallest absolute Gasteiger partial charge is 0.186 e. The number of halogens is 1. The molecule has 1 N–H and O–H groups in total. The van der Waals surface area contributed by atoms with Crippen molar-refractivity contribution in [3.8, 4) is 0 Å². The molecule has 0 unspecified atom stereocenters. The zero-order chi connectivity index (χ0) is 11.2. The summed E-state index contributed by atoms with van der Waals surface area (Å²) in [6.07, 6.45) is 6.84. The SMILES string of the molecule is Clc1nsnc1NCCOC1CCCCC1. The fourth-order valence-electron chi connectivity index (χ4n) is 1.91. The monoisotopic (exact) mass is 261 g/mol. The van der Waals surface area contributed by atoms with Crippen molar-refractivity contribution in [2.24, 2.45) is 0 Å². The highest BCUT2D eigenvalue weighted by molar-refractivity contribution is 6.99. The Hall–Kier alpha value is -0.390. The molecule has 0 aromatic carbocycles. The normalized spacial score (nSPS) is 17.6. The van der Waals surface area contributed by atoms with E-state index >= 15 is 0 Å². The van der Waals surface area contributed by atoms with Crippen molar-refractivity contribution in [2.45, 2.75) is 38.2 Å². The van der Waals surface area contributed by atoms with Gasteiger partial charge >= 0.3 is 0 Å². The van der Waals surface area contributed by atoms with Gasteiger partial charge in [0.15, 0.2) is 11.0 Å². The average Bonchev–Trinajstić information content (AvgIpc) is 2.72. The van der Waals surface area contributed by atoms with Crippen LogP contribution in [0.2, 0.25) is 5.15 Å². The number of hydrogen-bond acceptors (Lipinski definition) is 5. The predicted molar refractivity (Wildman–Crippen MR) is 66.2 cm³/mol. The topological polar surface area (TPSA) is 47.0 Å². The number of rotatable bonds is 5. The average molecular weight is 262 g/mol. The highest BCUT2D eigenvalue weighted by Crippen LogP contribution is 2.20. The van der Waals surface area contributed by atoms with Gasteiger partial charge in [0.2, 0.25) is 0 Å². The molecule has 1 aliphatic carbocycles. The number of hydrogen-bond donors (Lipinski definition) is 1. The molecule has 0 radical (unpaired) electrons. The van der Waals surface area contributed by atoms with E-state index in [2.05, 4.69) is 14.1 Å². The number of ether oxygens (including phenoxy) is 1. The van der Waals surface area contributed by atoms with E-state index < -0.39 is 0 Å². The lowest BCUT2D eigenvalue weighted by Gasteiger charge is -2.21. The van der Waals surface area contributed by atoms with Gasteiger partial charge in [-0.1, -0.05) is 30.9 Å². The summed E-state index contributed by atoms with van der Waals surface area (Å²) in [7, 11) is 0. The number of aromatic nitrogens is 2. The molecule has 2 rings (SSSR count). The van der Waals surface area contributed by atoms with Gasteiger partial charge in [-0.15, -0.1) is 0 Å². The molecule has 1 aromatic rings. The molecule has 0 aliphatic heterocycles. The van der Waals surface area contributed by atoms with Gasteiger partial charge in [-0.2, -0.15) is 8.75 Å². The van der Waals surface area contributed by atoms with Crippen molar-refractivity contribution in [1.82, 2.24) is 8.75 Å². The molecule has 16 heavy (non-hydrogen) atoms. The maximum absolute atomic E-state index is 5.80. The standard InChI is InChI=1S/C10H16ClN3OS/c11-9-10(14-16-13-9)12-6-7-15-8-4-2-1-3-5-8/h8H,1-7H2,(H,12,14). The van der Waals surface area contributed by atoms with E-state index in [0.29, 0.717) is 23.7 Å². The fraction of sp³-hybridized carbons (Fsp3) is 0.800. The molecular formula is C10H16ClN3OS. The van der Waals surface area contributed by atoms with Crippen LogP contribution in [0.3, 0.4) is 0 Å². The van der Waals surface area contributed by atoms with Crippen molar-refractivity contribution in [1.29, 1.82) is 0 Å². The third-order valence-electron chi connectivity index (χ3n) is 2.75. The largest absolute Gasteiger partial charge is 0.376 e. The lowest BCUT2D eigenvalue weighted by atomic mass is 9.98. The van der Waals surface area contributed by atoms with Gasteiger partial charge in [-0.3, -0.25) is 0 Å². The quantitative estimate of drug-likeness (QED) is 0.828. The second-order valence-corrected chi connectivity index (χ2v) is 4.85. The van der Waals surface area contributed by atoms with E-state index in [1.54, 1.807) is 0 Å². The number of anilines is 1. The highest BCUT2D eigenvalue weighted by Gasteiger charge is 2.13. The summed E-state index contributed by atoms with van der Waals surface area (Å²) in [6.45, 7) is 1.44. The number of nitrogens with one attached hydrogen (secondary N) is 1. The zero-order valence-corrected chi connectivity index (χ0v) is 10.7. The van der Waals surface area contributed by atoms with Gasteiger partial charge in [0.1, 0.15) is 0 Å². The van der Waals surface area contributed by atoms with E-state index in [1.165, 1.54) is 32.1 Å². The Morgan fingerprint density at radius 3 is 2.81 bits per heavy atom. The van der Waals surface area contributed by atoms with Gasteiger partial charge < -0.3 is 10.1 Å². The summed E-state index contributed by atoms with van der Waals surface area (Å²) in [4.78, 5) is 0. The van der Waals surface area contributed by atoms with Crippen LogP contribution in [0.15, 0.2) is 0 Å². The fourth-order valence-corrected chi connectivity index (χ4v) is 2.59. The summed E-state index contributed by atoms with van der Waals surface area (Å²) < 4.78 is 13.7. The molecule has 0 bridgehead atoms. The summed E-state index contributed by atoms with van der Waals surface area (Å²) in [6, 6.07) is 0. The Kier molecular flexibility index (Phi) is 4.81. The van der Waals surface area contributed by atoms with Crippen molar-refractivity contribution in [3.63, 3.8) is 0 Å². The molecule has 0 amide bonds. The molecule has 90 valence electrons. The third kappa shape index (κ3) is 3.57. The van der Waals surface area contributed by atoms with Crippen LogP contribution >= 0.6 is 23.3 Å². The second-order valence-electron chi connectivity index (χ2n) is 3.96.